The summed E-state index contributed by atoms with van der Waals surface area (Å²) in [4.78, 5) is 20.3. The van der Waals surface area contributed by atoms with Gasteiger partial charge in [-0.05, 0) is 42.8 Å². The Morgan fingerprint density at radius 1 is 1.03 bits per heavy atom. The topological polar surface area (TPSA) is 63.6 Å². The highest BCUT2D eigenvalue weighted by Gasteiger charge is 2.13. The zero-order valence-electron chi connectivity index (χ0n) is 19.5. The van der Waals surface area contributed by atoms with Crippen LogP contribution in [0.2, 0.25) is 0 Å². The summed E-state index contributed by atoms with van der Waals surface area (Å²) >= 11 is 1.71. The summed E-state index contributed by atoms with van der Waals surface area (Å²) in [7, 11) is 1.84. The maximum atomic E-state index is 12.8. The molecule has 0 bridgehead atoms. The Balaban J connectivity index is 1.10. The van der Waals surface area contributed by atoms with Crippen LogP contribution in [0, 0.1) is 0 Å². The molecule has 1 amide bonds. The number of nitrogens with zero attached hydrogens (tertiary/aromatic N) is 4. The average Bonchev–Trinajstić information content (AvgIpc) is 3.55. The predicted octanol–water partition coefficient (Wildman–Crippen LogP) is 5.99. The molecule has 0 N–H and O–H groups in total. The van der Waals surface area contributed by atoms with E-state index in [0.717, 1.165) is 51.8 Å². The number of amides is 1. The molecule has 0 saturated carbocycles. The monoisotopic (exact) mass is 482 g/mol. The van der Waals surface area contributed by atoms with E-state index in [1.807, 2.05) is 96.5 Å². The smallest absolute Gasteiger partial charge is 0.253 e. The highest BCUT2D eigenvalue weighted by molar-refractivity contribution is 7.98. The summed E-state index contributed by atoms with van der Waals surface area (Å²) in [5, 5.41) is 4.16. The Labute approximate surface area is 208 Å². The molecule has 0 aliphatic heterocycles. The first kappa shape index (κ1) is 22.9. The number of hydrogen-bond acceptors (Lipinski definition) is 5. The van der Waals surface area contributed by atoms with Gasteiger partial charge >= 0.3 is 0 Å². The van der Waals surface area contributed by atoms with Crippen LogP contribution in [0.1, 0.15) is 28.2 Å². The van der Waals surface area contributed by atoms with Gasteiger partial charge in [-0.3, -0.25) is 4.79 Å². The van der Waals surface area contributed by atoms with Crippen LogP contribution in [0.15, 0.2) is 101 Å². The number of rotatable bonds is 9. The van der Waals surface area contributed by atoms with E-state index >= 15 is 0 Å². The minimum absolute atomic E-state index is 0.0180. The lowest BCUT2D eigenvalue weighted by molar-refractivity contribution is 0.0792. The van der Waals surface area contributed by atoms with Gasteiger partial charge in [-0.1, -0.05) is 41.6 Å². The van der Waals surface area contributed by atoms with E-state index in [4.69, 9.17) is 4.52 Å². The van der Waals surface area contributed by atoms with Crippen molar-refractivity contribution in [2.45, 2.75) is 23.5 Å². The summed E-state index contributed by atoms with van der Waals surface area (Å²) < 4.78 is 7.50. The minimum atomic E-state index is 0.0180. The molecule has 0 atom stereocenters. The Kier molecular flexibility index (Phi) is 6.95. The van der Waals surface area contributed by atoms with Crippen LogP contribution in [-0.4, -0.2) is 38.9 Å². The van der Waals surface area contributed by atoms with Gasteiger partial charge in [0.2, 0.25) is 0 Å². The van der Waals surface area contributed by atoms with E-state index < -0.39 is 0 Å². The fourth-order valence-corrected chi connectivity index (χ4v) is 4.68. The number of fused-ring (bicyclic) bond motifs is 1. The van der Waals surface area contributed by atoms with E-state index in [2.05, 4.69) is 16.3 Å². The molecule has 0 unspecified atom stereocenters. The first-order valence-corrected chi connectivity index (χ1v) is 12.6. The predicted molar refractivity (Wildman–Crippen MR) is 138 cm³/mol. The van der Waals surface area contributed by atoms with Gasteiger partial charge in [-0.15, -0.1) is 11.8 Å². The molecule has 0 aliphatic rings. The maximum Gasteiger partial charge on any atom is 0.253 e. The normalized spacial score (nSPS) is 11.1. The molecule has 0 fully saturated rings. The van der Waals surface area contributed by atoms with Crippen LogP contribution < -0.4 is 0 Å². The minimum Gasteiger partial charge on any atom is -0.361 e. The number of hydrogen-bond donors (Lipinski definition) is 0. The van der Waals surface area contributed by atoms with Crippen molar-refractivity contribution in [2.75, 3.05) is 13.6 Å². The Bertz CT molecular complexity index is 1380. The summed E-state index contributed by atoms with van der Waals surface area (Å²) in [6.45, 7) is 0.643. The van der Waals surface area contributed by atoms with Crippen molar-refractivity contribution >= 4 is 23.3 Å². The van der Waals surface area contributed by atoms with Gasteiger partial charge in [0.15, 0.2) is 0 Å². The SMILES string of the molecule is CN(CCCc1cc(-c2ccccc2)no1)C(=O)c1ccc(SCc2cn3ccccc3n2)cc1. The molecule has 3 aromatic heterocycles. The first-order valence-electron chi connectivity index (χ1n) is 11.6. The van der Waals surface area contributed by atoms with Gasteiger partial charge in [0.1, 0.15) is 17.1 Å². The van der Waals surface area contributed by atoms with Gasteiger partial charge in [-0.2, -0.15) is 0 Å². The molecular formula is C28H26N4O2S. The van der Waals surface area contributed by atoms with Crippen molar-refractivity contribution in [3.05, 3.63) is 108 Å². The van der Waals surface area contributed by atoms with Crippen molar-refractivity contribution in [1.82, 2.24) is 19.4 Å². The number of aryl methyl sites for hydroxylation is 1. The van der Waals surface area contributed by atoms with Crippen LogP contribution in [0.5, 0.6) is 0 Å². The summed E-state index contributed by atoms with van der Waals surface area (Å²) in [5.74, 6) is 1.63. The van der Waals surface area contributed by atoms with Gasteiger partial charge in [0, 0.05) is 60.2 Å². The van der Waals surface area contributed by atoms with E-state index in [1.165, 1.54) is 0 Å². The van der Waals surface area contributed by atoms with Crippen molar-refractivity contribution in [2.24, 2.45) is 0 Å². The van der Waals surface area contributed by atoms with Crippen molar-refractivity contribution in [3.8, 4) is 11.3 Å². The van der Waals surface area contributed by atoms with Gasteiger partial charge < -0.3 is 13.8 Å². The van der Waals surface area contributed by atoms with E-state index in [-0.39, 0.29) is 5.91 Å². The number of carbonyl (C=O) groups is 1. The lowest BCUT2D eigenvalue weighted by Crippen LogP contribution is -2.27. The molecule has 2 aromatic carbocycles. The second-order valence-electron chi connectivity index (χ2n) is 8.39. The van der Waals surface area contributed by atoms with Crippen LogP contribution in [-0.2, 0) is 12.2 Å². The number of thioether (sulfide) groups is 1. The lowest BCUT2D eigenvalue weighted by atomic mass is 10.1. The van der Waals surface area contributed by atoms with Crippen LogP contribution in [0.4, 0.5) is 0 Å². The standard InChI is InChI=1S/C28H26N4O2S/c1-31(16-7-10-24-18-26(30-34-24)21-8-3-2-4-9-21)28(33)22-12-14-25(15-13-22)35-20-23-19-32-17-6-5-11-27(32)29-23/h2-6,8-9,11-15,17-19H,7,10,16,20H2,1H3. The molecule has 35 heavy (non-hydrogen) atoms. The van der Waals surface area contributed by atoms with Crippen molar-refractivity contribution < 1.29 is 9.32 Å². The first-order chi connectivity index (χ1) is 17.2. The van der Waals surface area contributed by atoms with Gasteiger partial charge in [0.25, 0.3) is 5.91 Å². The number of benzene rings is 2. The highest BCUT2D eigenvalue weighted by Crippen LogP contribution is 2.24. The van der Waals surface area contributed by atoms with Crippen molar-refractivity contribution in [3.63, 3.8) is 0 Å². The number of pyridine rings is 1. The third kappa shape index (κ3) is 5.63. The van der Waals surface area contributed by atoms with Gasteiger partial charge in [0.05, 0.1) is 5.69 Å². The molecule has 0 saturated heterocycles. The Morgan fingerprint density at radius 3 is 2.63 bits per heavy atom. The second-order valence-corrected chi connectivity index (χ2v) is 9.43. The van der Waals surface area contributed by atoms with Crippen LogP contribution >= 0.6 is 11.8 Å². The molecule has 6 nitrogen and oxygen atoms in total. The highest BCUT2D eigenvalue weighted by atomic mass is 32.2. The Hall–Kier alpha value is -3.84. The van der Waals surface area contributed by atoms with Gasteiger partial charge in [-0.25, -0.2) is 4.98 Å². The van der Waals surface area contributed by atoms with E-state index in [1.54, 1.807) is 16.7 Å². The zero-order valence-corrected chi connectivity index (χ0v) is 20.3. The number of aromatic nitrogens is 3. The third-order valence-corrected chi connectivity index (χ3v) is 6.84. The number of imidazole rings is 1. The third-order valence-electron chi connectivity index (χ3n) is 5.79. The molecule has 7 heteroatoms. The zero-order chi connectivity index (χ0) is 24.0. The summed E-state index contributed by atoms with van der Waals surface area (Å²) in [5.41, 5.74) is 4.55. The molecule has 5 aromatic rings. The average molecular weight is 483 g/mol. The molecule has 0 radical (unpaired) electrons. The molecule has 0 spiro atoms. The number of carbonyl (C=O) groups excluding carboxylic acids is 1. The van der Waals surface area contributed by atoms with Crippen molar-refractivity contribution in [1.29, 1.82) is 0 Å². The summed E-state index contributed by atoms with van der Waals surface area (Å²) in [6.07, 6.45) is 5.59. The maximum absolute atomic E-state index is 12.8. The lowest BCUT2D eigenvalue weighted by Gasteiger charge is -2.17. The molecule has 3 heterocycles. The Morgan fingerprint density at radius 2 is 1.83 bits per heavy atom. The molecule has 0 aliphatic carbocycles. The fraction of sp³-hybridized carbons (Fsp3) is 0.179. The molecule has 176 valence electrons. The fourth-order valence-electron chi connectivity index (χ4n) is 3.90. The second kappa shape index (κ2) is 10.6. The van der Waals surface area contributed by atoms with Crippen LogP contribution in [0.25, 0.3) is 16.9 Å². The quantitative estimate of drug-likeness (QED) is 0.242. The largest absolute Gasteiger partial charge is 0.361 e. The van der Waals surface area contributed by atoms with E-state index in [9.17, 15) is 4.79 Å². The van der Waals surface area contributed by atoms with E-state index in [0.29, 0.717) is 12.1 Å². The van der Waals surface area contributed by atoms with Crippen LogP contribution in [0.3, 0.4) is 0 Å². The molecular weight excluding hydrogens is 456 g/mol. The summed E-state index contributed by atoms with van der Waals surface area (Å²) in [6, 6.07) is 25.7. The molecule has 5 rings (SSSR count).